The minimum atomic E-state index is 1.21. The van der Waals surface area contributed by atoms with Gasteiger partial charge < -0.3 is 4.90 Å². The largest absolute Gasteiger partial charge is 0.310 e. The monoisotopic (exact) mass is 417 g/mol. The minimum Gasteiger partial charge on any atom is -0.310 e. The van der Waals surface area contributed by atoms with Crippen molar-refractivity contribution in [2.75, 3.05) is 4.90 Å². The van der Waals surface area contributed by atoms with Gasteiger partial charge in [-0.25, -0.2) is 0 Å². The number of fused-ring (bicyclic) bond motifs is 1. The van der Waals surface area contributed by atoms with Gasteiger partial charge >= 0.3 is 0 Å². The van der Waals surface area contributed by atoms with E-state index in [1.807, 2.05) is 41.5 Å². The lowest BCUT2D eigenvalue weighted by molar-refractivity contribution is 0.685. The van der Waals surface area contributed by atoms with E-state index >= 15 is 0 Å². The molecule has 0 atom stereocenters. The van der Waals surface area contributed by atoms with Crippen molar-refractivity contribution in [2.45, 2.75) is 81.1 Å². The average molecular weight is 418 g/mol. The highest BCUT2D eigenvalue weighted by molar-refractivity contribution is 5.77. The van der Waals surface area contributed by atoms with Gasteiger partial charge in [-0.15, -0.1) is 0 Å². The third kappa shape index (κ3) is 7.28. The van der Waals surface area contributed by atoms with Gasteiger partial charge in [0.25, 0.3) is 0 Å². The number of benzene rings is 3. The first-order valence-electron chi connectivity index (χ1n) is 12.3. The first-order chi connectivity index (χ1) is 15.2. The molecule has 0 fully saturated rings. The Labute approximate surface area is 192 Å². The Morgan fingerprint density at radius 3 is 1.32 bits per heavy atom. The van der Waals surface area contributed by atoms with E-state index in [1.54, 1.807) is 0 Å². The fourth-order valence-corrected chi connectivity index (χ4v) is 3.69. The standard InChI is InChI=1S/C24H25N.3C2H6/c1-18-7-12-22(13-8-18)25(23-14-9-19(2)10-15-23)24-16-11-20-5-3-4-6-21(20)17-24;3*1-2/h7-17H,3-6H2,1-2H3;3*1-2H3. The molecule has 0 unspecified atom stereocenters. The average Bonchev–Trinajstić information content (AvgIpc) is 2.85. The highest BCUT2D eigenvalue weighted by Crippen LogP contribution is 2.36. The van der Waals surface area contributed by atoms with Gasteiger partial charge in [0.2, 0.25) is 0 Å². The maximum atomic E-state index is 2.40. The predicted octanol–water partition coefficient (Wildman–Crippen LogP) is 9.73. The fraction of sp³-hybridized carbons (Fsp3) is 0.400. The number of rotatable bonds is 3. The van der Waals surface area contributed by atoms with Crippen molar-refractivity contribution in [1.82, 2.24) is 0 Å². The molecule has 31 heavy (non-hydrogen) atoms. The Kier molecular flexibility index (Phi) is 12.4. The lowest BCUT2D eigenvalue weighted by atomic mass is 9.91. The molecule has 0 bridgehead atoms. The van der Waals surface area contributed by atoms with Crippen LogP contribution in [-0.2, 0) is 12.8 Å². The van der Waals surface area contributed by atoms with Crippen LogP contribution in [0, 0.1) is 13.8 Å². The molecular weight excluding hydrogens is 374 g/mol. The zero-order chi connectivity index (χ0) is 23.2. The summed E-state index contributed by atoms with van der Waals surface area (Å²) in [7, 11) is 0. The van der Waals surface area contributed by atoms with Gasteiger partial charge in [0.1, 0.15) is 0 Å². The van der Waals surface area contributed by atoms with Crippen LogP contribution in [0.4, 0.5) is 17.1 Å². The Morgan fingerprint density at radius 1 is 0.484 bits per heavy atom. The fourth-order valence-electron chi connectivity index (χ4n) is 3.69. The highest BCUT2D eigenvalue weighted by Gasteiger charge is 2.15. The normalized spacial score (nSPS) is 11.4. The predicted molar refractivity (Wildman–Crippen MR) is 141 cm³/mol. The molecule has 3 aromatic carbocycles. The molecule has 1 nitrogen and oxygen atoms in total. The van der Waals surface area contributed by atoms with Crippen molar-refractivity contribution in [3.05, 3.63) is 89.0 Å². The Balaban J connectivity index is 0.000000739. The van der Waals surface area contributed by atoms with Crippen LogP contribution >= 0.6 is 0 Å². The molecule has 4 rings (SSSR count). The van der Waals surface area contributed by atoms with Crippen LogP contribution < -0.4 is 4.90 Å². The molecule has 0 aromatic heterocycles. The molecule has 0 aliphatic heterocycles. The molecule has 1 aliphatic rings. The van der Waals surface area contributed by atoms with E-state index in [0.29, 0.717) is 0 Å². The van der Waals surface area contributed by atoms with Crippen LogP contribution in [0.25, 0.3) is 0 Å². The lowest BCUT2D eigenvalue weighted by Gasteiger charge is -2.27. The van der Waals surface area contributed by atoms with E-state index < -0.39 is 0 Å². The summed E-state index contributed by atoms with van der Waals surface area (Å²) < 4.78 is 0. The van der Waals surface area contributed by atoms with E-state index in [0.717, 1.165) is 0 Å². The summed E-state index contributed by atoms with van der Waals surface area (Å²) in [5.41, 5.74) is 9.32. The molecule has 0 amide bonds. The Hall–Kier alpha value is -2.54. The maximum Gasteiger partial charge on any atom is 0.0464 e. The van der Waals surface area contributed by atoms with Crippen molar-refractivity contribution in [3.63, 3.8) is 0 Å². The van der Waals surface area contributed by atoms with E-state index in [9.17, 15) is 0 Å². The molecular formula is C30H43N. The Bertz CT molecular complexity index is 814. The van der Waals surface area contributed by atoms with Gasteiger partial charge in [0, 0.05) is 17.1 Å². The first-order valence-corrected chi connectivity index (χ1v) is 12.3. The summed E-state index contributed by atoms with van der Waals surface area (Å²) >= 11 is 0. The van der Waals surface area contributed by atoms with Crippen LogP contribution in [-0.4, -0.2) is 0 Å². The van der Waals surface area contributed by atoms with Gasteiger partial charge in [-0.1, -0.05) is 83.0 Å². The summed E-state index contributed by atoms with van der Waals surface area (Å²) in [4.78, 5) is 2.37. The lowest BCUT2D eigenvalue weighted by Crippen LogP contribution is -2.12. The molecule has 3 aromatic rings. The topological polar surface area (TPSA) is 3.24 Å². The van der Waals surface area contributed by atoms with Crippen LogP contribution in [0.2, 0.25) is 0 Å². The molecule has 0 spiro atoms. The van der Waals surface area contributed by atoms with Crippen molar-refractivity contribution in [2.24, 2.45) is 0 Å². The van der Waals surface area contributed by atoms with Gasteiger partial charge in [0.05, 0.1) is 0 Å². The van der Waals surface area contributed by atoms with Crippen LogP contribution in [0.15, 0.2) is 66.7 Å². The molecule has 0 radical (unpaired) electrons. The second-order valence-corrected chi connectivity index (χ2v) is 7.17. The summed E-state index contributed by atoms with van der Waals surface area (Å²) in [6.07, 6.45) is 5.07. The molecule has 1 aliphatic carbocycles. The summed E-state index contributed by atoms with van der Waals surface area (Å²) in [6.45, 7) is 16.3. The number of hydrogen-bond acceptors (Lipinski definition) is 1. The number of hydrogen-bond donors (Lipinski definition) is 0. The Morgan fingerprint density at radius 2 is 0.871 bits per heavy atom. The molecule has 1 heteroatoms. The van der Waals surface area contributed by atoms with E-state index in [1.165, 1.54) is 65.0 Å². The van der Waals surface area contributed by atoms with E-state index in [-0.39, 0.29) is 0 Å². The second kappa shape index (κ2) is 14.5. The van der Waals surface area contributed by atoms with Gasteiger partial charge in [-0.3, -0.25) is 0 Å². The van der Waals surface area contributed by atoms with Crippen LogP contribution in [0.5, 0.6) is 0 Å². The van der Waals surface area contributed by atoms with E-state index in [2.05, 4.69) is 85.5 Å². The SMILES string of the molecule is CC.CC.CC.Cc1ccc(N(c2ccc(C)cc2)c2ccc3c(c2)CCCC3)cc1. The molecule has 168 valence electrons. The zero-order valence-corrected chi connectivity index (χ0v) is 21.1. The van der Waals surface area contributed by atoms with Crippen LogP contribution in [0.1, 0.15) is 76.6 Å². The van der Waals surface area contributed by atoms with E-state index in [4.69, 9.17) is 0 Å². The van der Waals surface area contributed by atoms with Crippen molar-refractivity contribution in [3.8, 4) is 0 Å². The smallest absolute Gasteiger partial charge is 0.0464 e. The van der Waals surface area contributed by atoms with Gasteiger partial charge in [-0.2, -0.15) is 0 Å². The number of aryl methyl sites for hydroxylation is 4. The molecule has 0 heterocycles. The quantitative estimate of drug-likeness (QED) is 0.410. The summed E-state index contributed by atoms with van der Waals surface area (Å²) in [5.74, 6) is 0. The van der Waals surface area contributed by atoms with Gasteiger partial charge in [-0.05, 0) is 87.1 Å². The van der Waals surface area contributed by atoms with Crippen LogP contribution in [0.3, 0.4) is 0 Å². The third-order valence-electron chi connectivity index (χ3n) is 5.17. The second-order valence-electron chi connectivity index (χ2n) is 7.17. The zero-order valence-electron chi connectivity index (χ0n) is 21.1. The first kappa shape index (κ1) is 26.5. The van der Waals surface area contributed by atoms with Crippen molar-refractivity contribution >= 4 is 17.1 Å². The highest BCUT2D eigenvalue weighted by atomic mass is 15.1. The summed E-state index contributed by atoms with van der Waals surface area (Å²) in [5, 5.41) is 0. The third-order valence-corrected chi connectivity index (χ3v) is 5.17. The molecule has 0 N–H and O–H groups in total. The maximum absolute atomic E-state index is 2.40. The van der Waals surface area contributed by atoms with Crippen molar-refractivity contribution < 1.29 is 0 Å². The number of anilines is 3. The van der Waals surface area contributed by atoms with Crippen molar-refractivity contribution in [1.29, 1.82) is 0 Å². The van der Waals surface area contributed by atoms with Gasteiger partial charge in [0.15, 0.2) is 0 Å². The number of nitrogens with zero attached hydrogens (tertiary/aromatic N) is 1. The molecule has 0 saturated carbocycles. The minimum absolute atomic E-state index is 1.21. The molecule has 0 saturated heterocycles. The summed E-state index contributed by atoms with van der Waals surface area (Å²) in [6, 6.07) is 24.6.